The lowest BCUT2D eigenvalue weighted by atomic mass is 9.98. The number of ether oxygens (including phenoxy) is 1. The number of hydrogen-bond donors (Lipinski definition) is 1. The van der Waals surface area contributed by atoms with E-state index in [0.717, 1.165) is 18.4 Å². The van der Waals surface area contributed by atoms with Crippen LogP contribution in [0.2, 0.25) is 0 Å². The Hall–Kier alpha value is -2.54. The molecule has 1 heterocycles. The van der Waals surface area contributed by atoms with E-state index in [1.807, 2.05) is 19.1 Å². The average Bonchev–Trinajstić information content (AvgIpc) is 2.73. The Kier molecular flexibility index (Phi) is 6.47. The molecule has 0 radical (unpaired) electrons. The second-order valence-corrected chi connectivity index (χ2v) is 9.14. The Morgan fingerprint density at radius 2 is 1.86 bits per heavy atom. The molecule has 1 aliphatic rings. The molecule has 0 saturated carbocycles. The van der Waals surface area contributed by atoms with Crippen LogP contribution in [0.4, 0.5) is 5.69 Å². The van der Waals surface area contributed by atoms with E-state index in [9.17, 15) is 13.2 Å². The molecule has 156 valence electrons. The number of nitrogens with zero attached hydrogens (tertiary/aromatic N) is 1. The predicted molar refractivity (Wildman–Crippen MR) is 114 cm³/mol. The molecule has 0 bridgehead atoms. The molecule has 0 unspecified atom stereocenters. The summed E-state index contributed by atoms with van der Waals surface area (Å²) in [6.45, 7) is 5.48. The maximum atomic E-state index is 13.1. The van der Waals surface area contributed by atoms with E-state index in [-0.39, 0.29) is 16.4 Å². The summed E-state index contributed by atoms with van der Waals surface area (Å²) in [5.41, 5.74) is 1.72. The van der Waals surface area contributed by atoms with Crippen LogP contribution >= 0.6 is 0 Å². The average molecular weight is 417 g/mol. The monoisotopic (exact) mass is 416 g/mol. The van der Waals surface area contributed by atoms with Gasteiger partial charge in [0, 0.05) is 13.1 Å². The molecule has 6 nitrogen and oxygen atoms in total. The van der Waals surface area contributed by atoms with Gasteiger partial charge in [0.15, 0.2) is 0 Å². The standard InChI is InChI=1S/C22H28N2O4S/c1-4-17-7-5-6-8-20(17)23-29(26,27)18-9-10-21(28-3)19(15-18)22(25)24-13-11-16(2)12-14-24/h5-10,15-16,23H,4,11-14H2,1-3H3. The van der Waals surface area contributed by atoms with Crippen LogP contribution in [-0.2, 0) is 16.4 Å². The van der Waals surface area contributed by atoms with Crippen LogP contribution < -0.4 is 9.46 Å². The van der Waals surface area contributed by atoms with Gasteiger partial charge in [-0.2, -0.15) is 0 Å². The Morgan fingerprint density at radius 1 is 1.17 bits per heavy atom. The highest BCUT2D eigenvalue weighted by molar-refractivity contribution is 7.92. The number of benzene rings is 2. The molecule has 0 aliphatic carbocycles. The molecular weight excluding hydrogens is 388 g/mol. The van der Waals surface area contributed by atoms with Gasteiger partial charge >= 0.3 is 0 Å². The molecule has 7 heteroatoms. The fraction of sp³-hybridized carbons (Fsp3) is 0.409. The van der Waals surface area contributed by atoms with Crippen LogP contribution in [0, 0.1) is 5.92 Å². The smallest absolute Gasteiger partial charge is 0.261 e. The maximum absolute atomic E-state index is 13.1. The number of aryl methyl sites for hydroxylation is 1. The number of hydrogen-bond acceptors (Lipinski definition) is 4. The first-order chi connectivity index (χ1) is 13.9. The molecular formula is C22H28N2O4S. The SMILES string of the molecule is CCc1ccccc1NS(=O)(=O)c1ccc(OC)c(C(=O)N2CCC(C)CC2)c1. The third-order valence-electron chi connectivity index (χ3n) is 5.43. The van der Waals surface area contributed by atoms with E-state index < -0.39 is 10.0 Å². The second-order valence-electron chi connectivity index (χ2n) is 7.45. The fourth-order valence-corrected chi connectivity index (χ4v) is 4.66. The van der Waals surface area contributed by atoms with Gasteiger partial charge in [0.1, 0.15) is 5.75 Å². The van der Waals surface area contributed by atoms with E-state index in [0.29, 0.717) is 36.9 Å². The van der Waals surface area contributed by atoms with E-state index in [4.69, 9.17) is 4.74 Å². The number of carbonyl (C=O) groups excluding carboxylic acids is 1. The van der Waals surface area contributed by atoms with Crippen molar-refractivity contribution in [3.05, 3.63) is 53.6 Å². The molecule has 1 saturated heterocycles. The number of rotatable bonds is 6. The summed E-state index contributed by atoms with van der Waals surface area (Å²) in [7, 11) is -2.36. The minimum absolute atomic E-state index is 0.0398. The molecule has 29 heavy (non-hydrogen) atoms. The third-order valence-corrected chi connectivity index (χ3v) is 6.79. The zero-order valence-corrected chi connectivity index (χ0v) is 18.0. The number of piperidine rings is 1. The number of nitrogens with one attached hydrogen (secondary N) is 1. The maximum Gasteiger partial charge on any atom is 0.261 e. The summed E-state index contributed by atoms with van der Waals surface area (Å²) in [5.74, 6) is 0.775. The van der Waals surface area contributed by atoms with Crippen LogP contribution in [0.25, 0.3) is 0 Å². The van der Waals surface area contributed by atoms with Crippen molar-refractivity contribution in [1.29, 1.82) is 0 Å². The highest BCUT2D eigenvalue weighted by atomic mass is 32.2. The minimum atomic E-state index is -3.84. The Morgan fingerprint density at radius 3 is 2.52 bits per heavy atom. The van der Waals surface area contributed by atoms with Crippen LogP contribution in [0.1, 0.15) is 42.6 Å². The molecule has 0 atom stereocenters. The van der Waals surface area contributed by atoms with Gasteiger partial charge in [0.2, 0.25) is 0 Å². The summed E-state index contributed by atoms with van der Waals surface area (Å²) in [5, 5.41) is 0. The highest BCUT2D eigenvalue weighted by Gasteiger charge is 2.26. The number of anilines is 1. The Bertz CT molecular complexity index is 980. The third kappa shape index (κ3) is 4.72. The molecule has 3 rings (SSSR count). The molecule has 2 aromatic carbocycles. The first kappa shape index (κ1) is 21.2. The Labute approximate surface area is 172 Å². The summed E-state index contributed by atoms with van der Waals surface area (Å²) >= 11 is 0. The molecule has 1 fully saturated rings. The van der Waals surface area contributed by atoms with Crippen molar-refractivity contribution in [1.82, 2.24) is 4.90 Å². The zero-order chi connectivity index (χ0) is 21.0. The van der Waals surface area contributed by atoms with E-state index in [1.54, 1.807) is 23.1 Å². The number of carbonyl (C=O) groups is 1. The molecule has 2 aromatic rings. The Balaban J connectivity index is 1.92. The van der Waals surface area contributed by atoms with Crippen molar-refractivity contribution in [2.75, 3.05) is 24.9 Å². The first-order valence-electron chi connectivity index (χ1n) is 9.93. The van der Waals surface area contributed by atoms with Gasteiger partial charge in [-0.3, -0.25) is 9.52 Å². The number of likely N-dealkylation sites (tertiary alicyclic amines) is 1. The van der Waals surface area contributed by atoms with E-state index in [1.165, 1.54) is 19.2 Å². The zero-order valence-electron chi connectivity index (χ0n) is 17.1. The van der Waals surface area contributed by atoms with E-state index in [2.05, 4.69) is 11.6 Å². The predicted octanol–water partition coefficient (Wildman–Crippen LogP) is 3.93. The van der Waals surface area contributed by atoms with Crippen LogP contribution in [0.3, 0.4) is 0 Å². The van der Waals surface area contributed by atoms with Crippen molar-refractivity contribution < 1.29 is 17.9 Å². The number of methoxy groups -OCH3 is 1. The van der Waals surface area contributed by atoms with Crippen LogP contribution in [0.15, 0.2) is 47.4 Å². The van der Waals surface area contributed by atoms with Crippen molar-refractivity contribution in [2.45, 2.75) is 38.0 Å². The molecule has 0 aromatic heterocycles. The molecule has 1 amide bonds. The summed E-state index contributed by atoms with van der Waals surface area (Å²) in [6, 6.07) is 11.7. The largest absolute Gasteiger partial charge is 0.496 e. The highest BCUT2D eigenvalue weighted by Crippen LogP contribution is 2.28. The lowest BCUT2D eigenvalue weighted by Crippen LogP contribution is -2.38. The molecule has 1 N–H and O–H groups in total. The van der Waals surface area contributed by atoms with Crippen molar-refractivity contribution >= 4 is 21.6 Å². The quantitative estimate of drug-likeness (QED) is 0.774. The minimum Gasteiger partial charge on any atom is -0.496 e. The van der Waals surface area contributed by atoms with Gasteiger partial charge in [-0.05, 0) is 55.0 Å². The van der Waals surface area contributed by atoms with Gasteiger partial charge in [0.05, 0.1) is 23.3 Å². The summed E-state index contributed by atoms with van der Waals surface area (Å²) < 4.78 is 34.0. The van der Waals surface area contributed by atoms with Gasteiger partial charge < -0.3 is 9.64 Å². The van der Waals surface area contributed by atoms with Crippen molar-refractivity contribution in [3.63, 3.8) is 0 Å². The van der Waals surface area contributed by atoms with Crippen LogP contribution in [0.5, 0.6) is 5.75 Å². The van der Waals surface area contributed by atoms with Crippen molar-refractivity contribution in [2.24, 2.45) is 5.92 Å². The van der Waals surface area contributed by atoms with Gasteiger partial charge in [-0.15, -0.1) is 0 Å². The number of para-hydroxylation sites is 1. The van der Waals surface area contributed by atoms with Crippen LogP contribution in [-0.4, -0.2) is 39.4 Å². The summed E-state index contributed by atoms with van der Waals surface area (Å²) in [4.78, 5) is 14.9. The van der Waals surface area contributed by atoms with Gasteiger partial charge in [0.25, 0.3) is 15.9 Å². The number of sulfonamides is 1. The summed E-state index contributed by atoms with van der Waals surface area (Å²) in [6.07, 6.45) is 2.60. The van der Waals surface area contributed by atoms with E-state index >= 15 is 0 Å². The first-order valence-corrected chi connectivity index (χ1v) is 11.4. The second kappa shape index (κ2) is 8.86. The van der Waals surface area contributed by atoms with Gasteiger partial charge in [-0.1, -0.05) is 32.0 Å². The molecule has 0 spiro atoms. The normalized spacial score (nSPS) is 15.2. The fourth-order valence-electron chi connectivity index (χ4n) is 3.54. The van der Waals surface area contributed by atoms with Crippen molar-refractivity contribution in [3.8, 4) is 5.75 Å². The molecule has 1 aliphatic heterocycles. The lowest BCUT2D eigenvalue weighted by Gasteiger charge is -2.30. The number of amides is 1. The lowest BCUT2D eigenvalue weighted by molar-refractivity contribution is 0.0693. The topological polar surface area (TPSA) is 75.7 Å². The van der Waals surface area contributed by atoms with Gasteiger partial charge in [-0.25, -0.2) is 8.42 Å².